The molecule has 1 aromatic carbocycles. The van der Waals surface area contributed by atoms with Crippen molar-refractivity contribution in [3.8, 4) is 0 Å². The number of benzene rings is 1. The summed E-state index contributed by atoms with van der Waals surface area (Å²) in [5.74, 6) is 1.61. The van der Waals surface area contributed by atoms with Crippen LogP contribution in [-0.2, 0) is 0 Å². The topological polar surface area (TPSA) is 0 Å². The molecule has 0 N–H and O–H groups in total. The Hall–Kier alpha value is -1.39. The molecule has 1 heteroatoms. The van der Waals surface area contributed by atoms with Gasteiger partial charge in [0.25, 0.3) is 0 Å². The minimum atomic E-state index is 0.0535. The van der Waals surface area contributed by atoms with Crippen molar-refractivity contribution in [3.63, 3.8) is 0 Å². The van der Waals surface area contributed by atoms with Gasteiger partial charge in [0, 0.05) is 0 Å². The molecular weight excluding hydrogens is 439 g/mol. The molecule has 0 radical (unpaired) electrons. The first-order valence-corrected chi connectivity index (χ1v) is 16.2. The van der Waals surface area contributed by atoms with Crippen LogP contribution in [0, 0.1) is 11.3 Å². The van der Waals surface area contributed by atoms with Gasteiger partial charge in [-0.25, -0.2) is 0 Å². The van der Waals surface area contributed by atoms with Gasteiger partial charge in [-0.2, -0.15) is 0 Å². The van der Waals surface area contributed by atoms with Gasteiger partial charge in [0.2, 0.25) is 0 Å². The highest BCUT2D eigenvalue weighted by molar-refractivity contribution is 7.62. The molecular formula is C34H51P. The van der Waals surface area contributed by atoms with Crippen molar-refractivity contribution in [2.75, 3.05) is 12.3 Å². The number of rotatable bonds is 13. The predicted molar refractivity (Wildman–Crippen MR) is 160 cm³/mol. The Balaban J connectivity index is 1.73. The fourth-order valence-electron chi connectivity index (χ4n) is 7.15. The summed E-state index contributed by atoms with van der Waals surface area (Å²) in [6, 6.07) is 11.4. The molecule has 3 unspecified atom stereocenters. The molecule has 192 valence electrons. The van der Waals surface area contributed by atoms with Crippen molar-refractivity contribution < 1.29 is 0 Å². The van der Waals surface area contributed by atoms with Gasteiger partial charge >= 0.3 is 0 Å². The molecule has 0 aromatic heterocycles. The summed E-state index contributed by atoms with van der Waals surface area (Å²) in [5.41, 5.74) is 4.88. The Labute approximate surface area is 218 Å². The largest absolute Gasteiger partial charge is 0.0991 e. The lowest BCUT2D eigenvalue weighted by Crippen LogP contribution is -2.33. The summed E-state index contributed by atoms with van der Waals surface area (Å²) in [6.07, 6.45) is 25.4. The van der Waals surface area contributed by atoms with Gasteiger partial charge in [0.1, 0.15) is 0 Å². The van der Waals surface area contributed by atoms with Crippen LogP contribution in [0.1, 0.15) is 109 Å². The molecule has 1 aliphatic heterocycles. The molecule has 1 aliphatic carbocycles. The zero-order valence-electron chi connectivity index (χ0n) is 23.0. The lowest BCUT2D eigenvalue weighted by molar-refractivity contribution is 0.0891. The molecule has 0 bridgehead atoms. The summed E-state index contributed by atoms with van der Waals surface area (Å²) in [6.45, 7) is 15.7. The molecule has 0 amide bonds. The highest BCUT2D eigenvalue weighted by Gasteiger charge is 2.39. The van der Waals surface area contributed by atoms with Crippen molar-refractivity contribution in [2.45, 2.75) is 104 Å². The number of hydrogen-bond donors (Lipinski definition) is 0. The van der Waals surface area contributed by atoms with Gasteiger partial charge < -0.3 is 0 Å². The second-order valence-electron chi connectivity index (χ2n) is 11.4. The van der Waals surface area contributed by atoms with E-state index < -0.39 is 0 Å². The second kappa shape index (κ2) is 14.4. The van der Waals surface area contributed by atoms with Crippen LogP contribution >= 0.6 is 7.92 Å². The van der Waals surface area contributed by atoms with E-state index in [1.807, 2.05) is 6.08 Å². The van der Waals surface area contributed by atoms with Crippen LogP contribution < -0.4 is 0 Å². The standard InChI is InChI=1S/C34H51P/c1-6-9-20-33(29(5)35-23-13-14-24-35)28(4)17-15-22-34(21-8-3)26-30(16-7-2)25-32(27-34)31-18-11-10-12-19-31/h6,9-12,18-20,30,32H,1,4,7-8,13-17,21-27H2,2-3,5H3/b20-9-,33-29-. The van der Waals surface area contributed by atoms with Crippen LogP contribution in [0.2, 0.25) is 0 Å². The van der Waals surface area contributed by atoms with Crippen LogP contribution in [-0.4, -0.2) is 12.3 Å². The van der Waals surface area contributed by atoms with E-state index in [9.17, 15) is 0 Å². The van der Waals surface area contributed by atoms with Gasteiger partial charge in [-0.1, -0.05) is 103 Å². The maximum absolute atomic E-state index is 4.63. The summed E-state index contributed by atoms with van der Waals surface area (Å²) in [5, 5.41) is 1.63. The number of allylic oxidation sites excluding steroid dienone is 6. The van der Waals surface area contributed by atoms with Gasteiger partial charge in [-0.05, 0) is 116 Å². The third-order valence-corrected chi connectivity index (χ3v) is 11.6. The molecule has 3 rings (SSSR count). The lowest BCUT2D eigenvalue weighted by Gasteiger charge is -2.45. The molecule has 1 aromatic rings. The summed E-state index contributed by atoms with van der Waals surface area (Å²) in [4.78, 5) is 0. The third kappa shape index (κ3) is 8.05. The summed E-state index contributed by atoms with van der Waals surface area (Å²) in [7, 11) is 0.0535. The minimum Gasteiger partial charge on any atom is -0.0991 e. The molecule has 1 heterocycles. The molecule has 2 aliphatic rings. The van der Waals surface area contributed by atoms with Gasteiger partial charge in [-0.15, -0.1) is 0 Å². The van der Waals surface area contributed by atoms with Crippen LogP contribution in [0.4, 0.5) is 0 Å². The Morgan fingerprint density at radius 2 is 1.80 bits per heavy atom. The van der Waals surface area contributed by atoms with Gasteiger partial charge in [0.15, 0.2) is 0 Å². The van der Waals surface area contributed by atoms with E-state index in [4.69, 9.17) is 0 Å². The highest BCUT2D eigenvalue weighted by Crippen LogP contribution is 2.54. The van der Waals surface area contributed by atoms with E-state index in [2.05, 4.69) is 76.4 Å². The van der Waals surface area contributed by atoms with Crippen molar-refractivity contribution >= 4 is 7.92 Å². The molecule has 0 spiro atoms. The van der Waals surface area contributed by atoms with Crippen LogP contribution in [0.15, 0.2) is 78.2 Å². The van der Waals surface area contributed by atoms with E-state index in [1.54, 1.807) is 10.9 Å². The third-order valence-electron chi connectivity index (χ3n) is 8.70. The minimum absolute atomic E-state index is 0.0535. The Bertz CT molecular complexity index is 854. The highest BCUT2D eigenvalue weighted by atomic mass is 31.1. The average molecular weight is 491 g/mol. The van der Waals surface area contributed by atoms with E-state index in [-0.39, 0.29) is 7.92 Å². The average Bonchev–Trinajstić information content (AvgIpc) is 3.40. The quantitative estimate of drug-likeness (QED) is 0.190. The Kier molecular flexibility index (Phi) is 11.6. The van der Waals surface area contributed by atoms with Crippen LogP contribution in [0.25, 0.3) is 0 Å². The maximum atomic E-state index is 4.63. The van der Waals surface area contributed by atoms with Gasteiger partial charge in [-0.3, -0.25) is 0 Å². The zero-order chi connectivity index (χ0) is 25.1. The van der Waals surface area contributed by atoms with Crippen LogP contribution in [0.3, 0.4) is 0 Å². The molecule has 0 nitrogen and oxygen atoms in total. The first-order chi connectivity index (χ1) is 17.0. The zero-order valence-corrected chi connectivity index (χ0v) is 23.9. The molecule has 2 fully saturated rings. The molecule has 1 saturated heterocycles. The van der Waals surface area contributed by atoms with Gasteiger partial charge in [0.05, 0.1) is 0 Å². The van der Waals surface area contributed by atoms with E-state index >= 15 is 0 Å². The molecule has 35 heavy (non-hydrogen) atoms. The molecule has 1 saturated carbocycles. The van der Waals surface area contributed by atoms with Crippen molar-refractivity contribution in [1.29, 1.82) is 0 Å². The SMILES string of the molecule is C=C/C=C\C(C(=C)CCCC1(CCC)CC(CCC)CC(c2ccccc2)C1)=C(/C)P1CCCC1. The number of hydrogen-bond acceptors (Lipinski definition) is 0. The Morgan fingerprint density at radius 1 is 1.06 bits per heavy atom. The summed E-state index contributed by atoms with van der Waals surface area (Å²) < 4.78 is 0. The van der Waals surface area contributed by atoms with Crippen molar-refractivity contribution in [2.24, 2.45) is 11.3 Å². The fraction of sp³-hybridized carbons (Fsp3) is 0.588. The van der Waals surface area contributed by atoms with E-state index in [0.717, 1.165) is 18.3 Å². The maximum Gasteiger partial charge on any atom is -0.0154 e. The first kappa shape index (κ1) is 28.2. The smallest absolute Gasteiger partial charge is 0.0154 e. The van der Waals surface area contributed by atoms with E-state index in [0.29, 0.717) is 5.41 Å². The van der Waals surface area contributed by atoms with Crippen molar-refractivity contribution in [3.05, 3.63) is 83.7 Å². The predicted octanol–water partition coefficient (Wildman–Crippen LogP) is 11.2. The first-order valence-electron chi connectivity index (χ1n) is 14.5. The normalized spacial score (nSPS) is 26.1. The Morgan fingerprint density at radius 3 is 2.46 bits per heavy atom. The second-order valence-corrected chi connectivity index (χ2v) is 14.0. The van der Waals surface area contributed by atoms with Crippen molar-refractivity contribution in [1.82, 2.24) is 0 Å². The summed E-state index contributed by atoms with van der Waals surface area (Å²) >= 11 is 0. The fourth-order valence-corrected chi connectivity index (χ4v) is 9.83. The lowest BCUT2D eigenvalue weighted by atomic mass is 9.59. The van der Waals surface area contributed by atoms with Crippen LogP contribution in [0.5, 0.6) is 0 Å². The van der Waals surface area contributed by atoms with E-state index in [1.165, 1.54) is 94.1 Å². The molecule has 3 atom stereocenters. The monoisotopic (exact) mass is 490 g/mol.